The van der Waals surface area contributed by atoms with E-state index in [4.69, 9.17) is 34.8 Å². The molecule has 0 heterocycles. The van der Waals surface area contributed by atoms with Crippen LogP contribution in [0.5, 0.6) is 0 Å². The highest BCUT2D eigenvalue weighted by Gasteiger charge is 2.34. The predicted molar refractivity (Wildman–Crippen MR) is 67.3 cm³/mol. The van der Waals surface area contributed by atoms with Crippen LogP contribution in [0.2, 0.25) is 10.0 Å². The van der Waals surface area contributed by atoms with Crippen molar-refractivity contribution in [2.75, 3.05) is 5.88 Å². The molecule has 0 atom stereocenters. The van der Waals surface area contributed by atoms with E-state index in [1.54, 1.807) is 0 Å². The highest BCUT2D eigenvalue weighted by Crippen LogP contribution is 2.43. The number of hydrogen-bond donors (Lipinski definition) is 0. The zero-order valence-electron chi connectivity index (χ0n) is 8.40. The number of alkyl halides is 1. The van der Waals surface area contributed by atoms with Crippen LogP contribution >= 0.6 is 34.8 Å². The van der Waals surface area contributed by atoms with Gasteiger partial charge in [-0.2, -0.15) is 0 Å². The van der Waals surface area contributed by atoms with Gasteiger partial charge in [-0.15, -0.1) is 11.6 Å². The monoisotopic (exact) mass is 262 g/mol. The molecule has 0 unspecified atom stereocenters. The van der Waals surface area contributed by atoms with Gasteiger partial charge in [-0.1, -0.05) is 42.1 Å². The molecular weight excluding hydrogens is 250 g/mol. The standard InChI is InChI=1S/C12H13Cl3/c13-8-12(5-1-2-6-12)9-3-4-10(14)11(15)7-9/h3-4,7H,1-2,5-6,8H2. The molecule has 1 fully saturated rings. The quantitative estimate of drug-likeness (QED) is 0.656. The molecule has 0 aromatic heterocycles. The largest absolute Gasteiger partial charge is 0.126 e. The van der Waals surface area contributed by atoms with E-state index in [2.05, 4.69) is 6.07 Å². The molecule has 3 heteroatoms. The van der Waals surface area contributed by atoms with Gasteiger partial charge in [0.15, 0.2) is 0 Å². The highest BCUT2D eigenvalue weighted by molar-refractivity contribution is 6.42. The van der Waals surface area contributed by atoms with Crippen LogP contribution in [-0.4, -0.2) is 5.88 Å². The first-order valence-electron chi connectivity index (χ1n) is 5.19. The third kappa shape index (κ3) is 2.13. The Morgan fingerprint density at radius 2 is 1.73 bits per heavy atom. The van der Waals surface area contributed by atoms with Crippen molar-refractivity contribution in [2.24, 2.45) is 0 Å². The molecule has 0 N–H and O–H groups in total. The summed E-state index contributed by atoms with van der Waals surface area (Å²) >= 11 is 18.1. The van der Waals surface area contributed by atoms with E-state index in [0.717, 1.165) is 12.8 Å². The minimum atomic E-state index is 0.135. The number of benzene rings is 1. The molecule has 0 radical (unpaired) electrons. The van der Waals surface area contributed by atoms with Crippen LogP contribution in [-0.2, 0) is 5.41 Å². The van der Waals surface area contributed by atoms with Gasteiger partial charge in [0, 0.05) is 11.3 Å². The van der Waals surface area contributed by atoms with E-state index in [1.165, 1.54) is 18.4 Å². The van der Waals surface area contributed by atoms with Crippen molar-refractivity contribution in [1.29, 1.82) is 0 Å². The van der Waals surface area contributed by atoms with Crippen molar-refractivity contribution in [3.8, 4) is 0 Å². The van der Waals surface area contributed by atoms with Gasteiger partial charge in [0.2, 0.25) is 0 Å². The van der Waals surface area contributed by atoms with Crippen molar-refractivity contribution in [2.45, 2.75) is 31.1 Å². The Labute approximate surface area is 106 Å². The molecular formula is C12H13Cl3. The second kappa shape index (κ2) is 4.53. The topological polar surface area (TPSA) is 0 Å². The number of halogens is 3. The molecule has 1 saturated carbocycles. The Balaban J connectivity index is 2.38. The summed E-state index contributed by atoms with van der Waals surface area (Å²) in [6, 6.07) is 5.89. The summed E-state index contributed by atoms with van der Waals surface area (Å²) in [4.78, 5) is 0. The van der Waals surface area contributed by atoms with Gasteiger partial charge in [0.25, 0.3) is 0 Å². The van der Waals surface area contributed by atoms with E-state index in [9.17, 15) is 0 Å². The maximum atomic E-state index is 6.12. The molecule has 1 aliphatic carbocycles. The van der Waals surface area contributed by atoms with Gasteiger partial charge in [-0.3, -0.25) is 0 Å². The first-order valence-corrected chi connectivity index (χ1v) is 6.48. The van der Waals surface area contributed by atoms with E-state index in [0.29, 0.717) is 15.9 Å². The normalized spacial score (nSPS) is 19.4. The van der Waals surface area contributed by atoms with Crippen molar-refractivity contribution < 1.29 is 0 Å². The molecule has 0 saturated heterocycles. The lowest BCUT2D eigenvalue weighted by Crippen LogP contribution is -2.23. The second-order valence-electron chi connectivity index (χ2n) is 4.25. The summed E-state index contributed by atoms with van der Waals surface area (Å²) in [5, 5.41) is 1.24. The number of hydrogen-bond acceptors (Lipinski definition) is 0. The summed E-state index contributed by atoms with van der Waals surface area (Å²) in [6.45, 7) is 0. The highest BCUT2D eigenvalue weighted by atomic mass is 35.5. The summed E-state index contributed by atoms with van der Waals surface area (Å²) in [5.74, 6) is 0.672. The maximum Gasteiger partial charge on any atom is 0.0595 e. The molecule has 1 aromatic carbocycles. The van der Waals surface area contributed by atoms with Crippen LogP contribution in [0.25, 0.3) is 0 Å². The van der Waals surface area contributed by atoms with Crippen molar-refractivity contribution >= 4 is 34.8 Å². The first-order chi connectivity index (χ1) is 7.18. The van der Waals surface area contributed by atoms with Crippen molar-refractivity contribution in [3.05, 3.63) is 33.8 Å². The third-order valence-corrected chi connectivity index (χ3v) is 4.60. The Morgan fingerprint density at radius 1 is 1.07 bits per heavy atom. The van der Waals surface area contributed by atoms with Gasteiger partial charge in [-0.05, 0) is 30.5 Å². The molecule has 2 rings (SSSR count). The SMILES string of the molecule is ClCC1(c2ccc(Cl)c(Cl)c2)CCCC1. The molecule has 0 amide bonds. The van der Waals surface area contributed by atoms with E-state index < -0.39 is 0 Å². The third-order valence-electron chi connectivity index (χ3n) is 3.35. The zero-order valence-corrected chi connectivity index (χ0v) is 10.7. The molecule has 0 bridgehead atoms. The summed E-state index contributed by atoms with van der Waals surface area (Å²) in [7, 11) is 0. The second-order valence-corrected chi connectivity index (χ2v) is 5.33. The van der Waals surface area contributed by atoms with E-state index >= 15 is 0 Å². The maximum absolute atomic E-state index is 6.12. The van der Waals surface area contributed by atoms with Crippen molar-refractivity contribution in [3.63, 3.8) is 0 Å². The average Bonchev–Trinajstić information content (AvgIpc) is 2.72. The van der Waals surface area contributed by atoms with Gasteiger partial charge in [-0.25, -0.2) is 0 Å². The van der Waals surface area contributed by atoms with Crippen LogP contribution in [0.15, 0.2) is 18.2 Å². The Morgan fingerprint density at radius 3 is 2.27 bits per heavy atom. The average molecular weight is 264 g/mol. The Kier molecular flexibility index (Phi) is 3.49. The molecule has 0 nitrogen and oxygen atoms in total. The molecule has 82 valence electrons. The fraction of sp³-hybridized carbons (Fsp3) is 0.500. The first kappa shape index (κ1) is 11.6. The zero-order chi connectivity index (χ0) is 10.9. The molecule has 0 spiro atoms. The summed E-state index contributed by atoms with van der Waals surface area (Å²) in [5.41, 5.74) is 1.37. The van der Waals surface area contributed by atoms with Crippen LogP contribution < -0.4 is 0 Å². The van der Waals surface area contributed by atoms with Gasteiger partial charge >= 0.3 is 0 Å². The van der Waals surface area contributed by atoms with Crippen LogP contribution in [0, 0.1) is 0 Å². The molecule has 0 aliphatic heterocycles. The van der Waals surface area contributed by atoms with Crippen LogP contribution in [0.4, 0.5) is 0 Å². The lowest BCUT2D eigenvalue weighted by Gasteiger charge is -2.27. The van der Waals surface area contributed by atoms with Gasteiger partial charge < -0.3 is 0 Å². The van der Waals surface area contributed by atoms with Crippen molar-refractivity contribution in [1.82, 2.24) is 0 Å². The Hall–Kier alpha value is 0.0900. The summed E-state index contributed by atoms with van der Waals surface area (Å²) in [6.07, 6.45) is 4.84. The fourth-order valence-corrected chi connectivity index (χ4v) is 3.10. The lowest BCUT2D eigenvalue weighted by atomic mass is 9.81. The number of rotatable bonds is 2. The van der Waals surface area contributed by atoms with Gasteiger partial charge in [0.1, 0.15) is 0 Å². The molecule has 15 heavy (non-hydrogen) atoms. The fourth-order valence-electron chi connectivity index (χ4n) is 2.38. The summed E-state index contributed by atoms with van der Waals surface area (Å²) < 4.78 is 0. The van der Waals surface area contributed by atoms with E-state index in [-0.39, 0.29) is 5.41 Å². The smallest absolute Gasteiger partial charge is 0.0595 e. The van der Waals surface area contributed by atoms with Crippen LogP contribution in [0.1, 0.15) is 31.2 Å². The predicted octanol–water partition coefficient (Wildman–Crippen LogP) is 5.04. The van der Waals surface area contributed by atoms with Gasteiger partial charge in [0.05, 0.1) is 10.0 Å². The molecule has 1 aliphatic rings. The minimum absolute atomic E-state index is 0.135. The lowest BCUT2D eigenvalue weighted by molar-refractivity contribution is 0.498. The van der Waals surface area contributed by atoms with E-state index in [1.807, 2.05) is 12.1 Å². The van der Waals surface area contributed by atoms with Crippen LogP contribution in [0.3, 0.4) is 0 Å². The Bertz CT molecular complexity index is 354. The minimum Gasteiger partial charge on any atom is -0.126 e. The molecule has 1 aromatic rings.